The van der Waals surface area contributed by atoms with Crippen LogP contribution in [0, 0.1) is 34.4 Å². The Bertz CT molecular complexity index is 1710. The van der Waals surface area contributed by atoms with Crippen LogP contribution in [-0.4, -0.2) is 57.4 Å². The van der Waals surface area contributed by atoms with Crippen molar-refractivity contribution in [1.29, 1.82) is 0 Å². The number of hydrogen-bond donors (Lipinski definition) is 2. The summed E-state index contributed by atoms with van der Waals surface area (Å²) in [7, 11) is 1.59. The number of benzene rings is 2. The van der Waals surface area contributed by atoms with Crippen molar-refractivity contribution >= 4 is 34.0 Å². The van der Waals surface area contributed by atoms with Crippen molar-refractivity contribution in [1.82, 2.24) is 24.6 Å². The Morgan fingerprint density at radius 1 is 1.09 bits per heavy atom. The molecule has 1 unspecified atom stereocenters. The Labute approximate surface area is 274 Å². The minimum Gasteiger partial charge on any atom is -0.493 e. The number of anilines is 3. The lowest BCUT2D eigenvalue weighted by Crippen LogP contribution is -2.39. The number of hydrogen-bond acceptors (Lipinski definition) is 8. The summed E-state index contributed by atoms with van der Waals surface area (Å²) < 4.78 is 40.7. The van der Waals surface area contributed by atoms with E-state index >= 15 is 0 Å². The highest BCUT2D eigenvalue weighted by Gasteiger charge is 2.46. The first-order valence-corrected chi connectivity index (χ1v) is 15.9. The number of carbonyl (C=O) groups excluding carboxylic acids is 1. The van der Waals surface area contributed by atoms with E-state index in [1.54, 1.807) is 13.3 Å². The van der Waals surface area contributed by atoms with Gasteiger partial charge in [-0.1, -0.05) is 47.6 Å². The molecule has 10 nitrogen and oxygen atoms in total. The van der Waals surface area contributed by atoms with Gasteiger partial charge in [0, 0.05) is 30.2 Å². The third-order valence-corrected chi connectivity index (χ3v) is 8.35. The highest BCUT2D eigenvalue weighted by Crippen LogP contribution is 2.50. The van der Waals surface area contributed by atoms with Crippen molar-refractivity contribution in [3.05, 3.63) is 66.7 Å². The van der Waals surface area contributed by atoms with Gasteiger partial charge in [0.15, 0.2) is 23.1 Å². The molecule has 0 bridgehead atoms. The highest BCUT2D eigenvalue weighted by atomic mass is 19.2. The summed E-state index contributed by atoms with van der Waals surface area (Å²) in [6, 6.07) is 8.80. The van der Waals surface area contributed by atoms with Crippen LogP contribution in [0.25, 0.3) is 10.9 Å². The SMILES string of the molecule is COc1cc2c(Nc3cnn(CC(=O)Nc4cccc(F)c4F)c3)ncnc2cc1OCCCN1CCC(C(C)(C)C)[C]1C(C)(C)C. The van der Waals surface area contributed by atoms with Crippen LogP contribution in [0.4, 0.5) is 26.0 Å². The van der Waals surface area contributed by atoms with Crippen LogP contribution in [-0.2, 0) is 11.3 Å². The molecule has 4 aromatic rings. The highest BCUT2D eigenvalue weighted by molar-refractivity contribution is 5.93. The smallest absolute Gasteiger partial charge is 0.246 e. The molecule has 47 heavy (non-hydrogen) atoms. The monoisotopic (exact) mass is 648 g/mol. The van der Waals surface area contributed by atoms with Gasteiger partial charge in [-0.2, -0.15) is 5.10 Å². The molecule has 0 aliphatic carbocycles. The molecule has 1 radical (unpaired) electrons. The van der Waals surface area contributed by atoms with Crippen molar-refractivity contribution in [2.45, 2.75) is 60.9 Å². The summed E-state index contributed by atoms with van der Waals surface area (Å²) in [5, 5.41) is 10.5. The number of fused-ring (bicyclic) bond motifs is 1. The number of methoxy groups -OCH3 is 1. The molecule has 1 aliphatic rings. The molecule has 0 spiro atoms. The molecule has 251 valence electrons. The van der Waals surface area contributed by atoms with E-state index in [9.17, 15) is 13.6 Å². The fourth-order valence-electron chi connectivity index (χ4n) is 6.30. The van der Waals surface area contributed by atoms with Crippen LogP contribution in [0.2, 0.25) is 0 Å². The largest absolute Gasteiger partial charge is 0.493 e. The molecule has 2 aromatic carbocycles. The van der Waals surface area contributed by atoms with Crippen molar-refractivity contribution in [3.8, 4) is 11.5 Å². The maximum atomic E-state index is 13.9. The van der Waals surface area contributed by atoms with E-state index in [2.05, 4.69) is 72.1 Å². The molecule has 0 saturated carbocycles. The van der Waals surface area contributed by atoms with E-state index < -0.39 is 17.5 Å². The van der Waals surface area contributed by atoms with Gasteiger partial charge in [0.25, 0.3) is 0 Å². The molecule has 2 aromatic heterocycles. The summed E-state index contributed by atoms with van der Waals surface area (Å²) in [5.74, 6) is -0.475. The minimum absolute atomic E-state index is 0.112. The minimum atomic E-state index is -1.12. The van der Waals surface area contributed by atoms with Crippen molar-refractivity contribution in [3.63, 3.8) is 0 Å². The van der Waals surface area contributed by atoms with Crippen molar-refractivity contribution in [2.24, 2.45) is 16.7 Å². The number of nitrogens with one attached hydrogen (secondary N) is 2. The molecule has 1 aliphatic heterocycles. The molecule has 1 amide bonds. The quantitative estimate of drug-likeness (QED) is 0.164. The molecule has 1 atom stereocenters. The van der Waals surface area contributed by atoms with E-state index in [1.165, 1.54) is 41.8 Å². The van der Waals surface area contributed by atoms with Gasteiger partial charge in [0.05, 0.1) is 36.8 Å². The first-order valence-electron chi connectivity index (χ1n) is 15.9. The second-order valence-electron chi connectivity index (χ2n) is 14.0. The molecular formula is C35H44F2N7O3. The maximum absolute atomic E-state index is 13.9. The standard InChI is InChI=1S/C35H44F2N7O3/c1-34(2,3)24-12-14-43(32(24)35(4,5)6)13-9-15-47-29-17-27-23(16-28(29)46-7)33(39-21-38-27)41-22-18-40-44(19-22)20-30(45)42-26-11-8-10-25(36)31(26)37/h8,10-11,16-19,21,24H,9,12-15,20H2,1-7H3,(H,42,45)(H,38,39,41). The summed E-state index contributed by atoms with van der Waals surface area (Å²) >= 11 is 0. The Hall–Kier alpha value is -4.32. The number of amides is 1. The topological polar surface area (TPSA) is 106 Å². The summed E-state index contributed by atoms with van der Waals surface area (Å²) in [5.41, 5.74) is 1.33. The first-order chi connectivity index (χ1) is 22.2. The van der Waals surface area contributed by atoms with Crippen LogP contribution in [0.15, 0.2) is 49.1 Å². The van der Waals surface area contributed by atoms with E-state index in [-0.39, 0.29) is 23.1 Å². The zero-order valence-corrected chi connectivity index (χ0v) is 28.2. The van der Waals surface area contributed by atoms with E-state index in [0.29, 0.717) is 46.4 Å². The fraction of sp³-hybridized carbons (Fsp3) is 0.457. The second-order valence-corrected chi connectivity index (χ2v) is 14.0. The predicted octanol–water partition coefficient (Wildman–Crippen LogP) is 7.21. The Morgan fingerprint density at radius 2 is 1.87 bits per heavy atom. The summed E-state index contributed by atoms with van der Waals surface area (Å²) in [6.07, 6.45) is 6.64. The van der Waals surface area contributed by atoms with Gasteiger partial charge in [-0.15, -0.1) is 0 Å². The summed E-state index contributed by atoms with van der Waals surface area (Å²) in [6.45, 7) is 16.3. The van der Waals surface area contributed by atoms with Crippen LogP contribution < -0.4 is 20.1 Å². The molecule has 5 rings (SSSR count). The van der Waals surface area contributed by atoms with Crippen molar-refractivity contribution in [2.75, 3.05) is 37.4 Å². The van der Waals surface area contributed by atoms with Crippen molar-refractivity contribution < 1.29 is 23.0 Å². The number of carbonyl (C=O) groups is 1. The Balaban J connectivity index is 1.21. The summed E-state index contributed by atoms with van der Waals surface area (Å²) in [4.78, 5) is 23.8. The number of likely N-dealkylation sites (tertiary alicyclic amines) is 1. The normalized spacial score (nSPS) is 16.1. The van der Waals surface area contributed by atoms with E-state index in [0.717, 1.165) is 25.6 Å². The average molecular weight is 649 g/mol. The predicted molar refractivity (Wildman–Crippen MR) is 179 cm³/mol. The lowest BCUT2D eigenvalue weighted by molar-refractivity contribution is -0.116. The number of halogens is 2. The van der Waals surface area contributed by atoms with Crippen LogP contribution in [0.1, 0.15) is 54.4 Å². The van der Waals surface area contributed by atoms with Gasteiger partial charge in [-0.05, 0) is 54.3 Å². The lowest BCUT2D eigenvalue weighted by atomic mass is 9.69. The molecule has 1 fully saturated rings. The van der Waals surface area contributed by atoms with Gasteiger partial charge >= 0.3 is 0 Å². The van der Waals surface area contributed by atoms with Crippen LogP contribution in [0.3, 0.4) is 0 Å². The molecule has 1 saturated heterocycles. The van der Waals surface area contributed by atoms with E-state index in [4.69, 9.17) is 9.47 Å². The third kappa shape index (κ3) is 7.98. The number of aromatic nitrogens is 4. The van der Waals surface area contributed by atoms with Gasteiger partial charge < -0.3 is 20.1 Å². The average Bonchev–Trinajstić information content (AvgIpc) is 3.64. The zero-order chi connectivity index (χ0) is 33.9. The van der Waals surface area contributed by atoms with Gasteiger partial charge in [0.1, 0.15) is 18.7 Å². The lowest BCUT2D eigenvalue weighted by Gasteiger charge is -2.42. The molecule has 3 heterocycles. The fourth-order valence-corrected chi connectivity index (χ4v) is 6.30. The van der Waals surface area contributed by atoms with Gasteiger partial charge in [-0.25, -0.2) is 18.7 Å². The number of nitrogens with zero attached hydrogens (tertiary/aromatic N) is 5. The van der Waals surface area contributed by atoms with Gasteiger partial charge in [0.2, 0.25) is 5.91 Å². The third-order valence-electron chi connectivity index (χ3n) is 8.35. The van der Waals surface area contributed by atoms with E-state index in [1.807, 2.05) is 12.1 Å². The number of ether oxygens (including phenoxy) is 2. The van der Waals surface area contributed by atoms with Crippen LogP contribution in [0.5, 0.6) is 11.5 Å². The molecule has 2 N–H and O–H groups in total. The molecule has 12 heteroatoms. The van der Waals surface area contributed by atoms with Crippen LogP contribution >= 0.6 is 0 Å². The Kier molecular flexibility index (Phi) is 10.00. The maximum Gasteiger partial charge on any atom is 0.246 e. The molecular weight excluding hydrogens is 604 g/mol. The second kappa shape index (κ2) is 13.8. The van der Waals surface area contributed by atoms with Gasteiger partial charge in [-0.3, -0.25) is 14.4 Å². The zero-order valence-electron chi connectivity index (χ0n) is 28.2. The number of rotatable bonds is 11. The Morgan fingerprint density at radius 3 is 2.60 bits per heavy atom. The first kappa shape index (κ1) is 34.0.